The highest BCUT2D eigenvalue weighted by atomic mass is 35.5. The third-order valence-electron chi connectivity index (χ3n) is 2.32. The van der Waals surface area contributed by atoms with Crippen LogP contribution in [0.4, 0.5) is 0 Å². The maximum atomic E-state index is 12.1. The van der Waals surface area contributed by atoms with Gasteiger partial charge in [-0.2, -0.15) is 0 Å². The zero-order valence-corrected chi connectivity index (χ0v) is 10.6. The first-order chi connectivity index (χ1) is 8.08. The molecule has 1 atom stereocenters. The zero-order chi connectivity index (χ0) is 12.4. The number of hydrogen-bond donors (Lipinski definition) is 0. The minimum Gasteiger partial charge on any atom is -0.279 e. The number of halogens is 2. The molecule has 1 aromatic rings. The van der Waals surface area contributed by atoms with Gasteiger partial charge in [-0.05, 0) is 31.2 Å². The van der Waals surface area contributed by atoms with Crippen molar-refractivity contribution < 1.29 is 4.79 Å². The number of hydrogen-bond acceptors (Lipinski definition) is 2. The molecule has 5 heteroatoms. The van der Waals surface area contributed by atoms with E-state index >= 15 is 0 Å². The van der Waals surface area contributed by atoms with Crippen LogP contribution in [0.15, 0.2) is 41.5 Å². The van der Waals surface area contributed by atoms with Gasteiger partial charge in [0.1, 0.15) is 0 Å². The topological polar surface area (TPSA) is 32.7 Å². The molecule has 88 valence electrons. The molecule has 0 saturated carbocycles. The molecule has 1 aromatic carbocycles. The Morgan fingerprint density at radius 3 is 2.88 bits per heavy atom. The van der Waals surface area contributed by atoms with E-state index in [1.54, 1.807) is 36.5 Å². The van der Waals surface area contributed by atoms with E-state index < -0.39 is 5.62 Å². The average molecular weight is 269 g/mol. The number of alkyl halides is 1. The SMILES string of the molecule is CC1=NC(Cl)N(C(=O)c2cccc(Cl)c2)C=C1. The molecule has 3 nitrogen and oxygen atoms in total. The fraction of sp³-hybridized carbons (Fsp3) is 0.167. The first-order valence-corrected chi connectivity index (χ1v) is 5.84. The number of aliphatic imine (C=N–C) groups is 1. The second kappa shape index (κ2) is 4.90. The van der Waals surface area contributed by atoms with Crippen LogP contribution in [0.3, 0.4) is 0 Å². The van der Waals surface area contributed by atoms with Crippen molar-refractivity contribution in [2.75, 3.05) is 0 Å². The van der Waals surface area contributed by atoms with Gasteiger partial charge in [0.25, 0.3) is 5.91 Å². The van der Waals surface area contributed by atoms with Crippen LogP contribution < -0.4 is 0 Å². The summed E-state index contributed by atoms with van der Waals surface area (Å²) in [6.45, 7) is 1.83. The van der Waals surface area contributed by atoms with Crippen molar-refractivity contribution in [2.45, 2.75) is 12.5 Å². The number of benzene rings is 1. The van der Waals surface area contributed by atoms with Gasteiger partial charge >= 0.3 is 0 Å². The predicted molar refractivity (Wildman–Crippen MR) is 69.5 cm³/mol. The molecule has 0 saturated heterocycles. The van der Waals surface area contributed by atoms with Crippen LogP contribution in [0, 0.1) is 0 Å². The van der Waals surface area contributed by atoms with Gasteiger partial charge in [-0.1, -0.05) is 29.3 Å². The smallest absolute Gasteiger partial charge is 0.260 e. The lowest BCUT2D eigenvalue weighted by molar-refractivity contribution is 0.0808. The van der Waals surface area contributed by atoms with Gasteiger partial charge in [0.15, 0.2) is 0 Å². The Hall–Kier alpha value is -1.32. The highest BCUT2D eigenvalue weighted by Crippen LogP contribution is 2.18. The molecule has 1 heterocycles. The highest BCUT2D eigenvalue weighted by Gasteiger charge is 2.22. The second-order valence-corrected chi connectivity index (χ2v) is 4.45. The fourth-order valence-corrected chi connectivity index (χ4v) is 1.97. The third-order valence-corrected chi connectivity index (χ3v) is 2.87. The molecular formula is C12H10Cl2N2O. The standard InChI is InChI=1S/C12H10Cl2N2O/c1-8-5-6-16(12(14)15-8)11(17)9-3-2-4-10(13)7-9/h2-7,12H,1H3. The van der Waals surface area contributed by atoms with Gasteiger partial charge in [-0.15, -0.1) is 0 Å². The van der Waals surface area contributed by atoms with E-state index in [0.29, 0.717) is 10.6 Å². The number of nitrogens with zero attached hydrogens (tertiary/aromatic N) is 2. The second-order valence-electron chi connectivity index (χ2n) is 3.62. The molecule has 0 spiro atoms. The van der Waals surface area contributed by atoms with E-state index in [2.05, 4.69) is 4.99 Å². The molecule has 0 aromatic heterocycles. The summed E-state index contributed by atoms with van der Waals surface area (Å²) >= 11 is 11.8. The van der Waals surface area contributed by atoms with Crippen LogP contribution in [0.25, 0.3) is 0 Å². The Bertz CT molecular complexity index is 511. The maximum Gasteiger partial charge on any atom is 0.260 e. The maximum absolute atomic E-state index is 12.1. The summed E-state index contributed by atoms with van der Waals surface area (Å²) in [7, 11) is 0. The molecule has 0 fully saturated rings. The van der Waals surface area contributed by atoms with E-state index in [0.717, 1.165) is 5.71 Å². The molecule has 0 bridgehead atoms. The fourth-order valence-electron chi connectivity index (χ4n) is 1.47. The summed E-state index contributed by atoms with van der Waals surface area (Å²) in [5, 5.41) is 0.516. The van der Waals surface area contributed by atoms with Crippen LogP contribution in [-0.2, 0) is 0 Å². The van der Waals surface area contributed by atoms with Crippen molar-refractivity contribution in [3.8, 4) is 0 Å². The predicted octanol–water partition coefficient (Wildman–Crippen LogP) is 3.29. The molecule has 0 aliphatic carbocycles. The Kier molecular flexibility index (Phi) is 3.50. The zero-order valence-electron chi connectivity index (χ0n) is 9.10. The highest BCUT2D eigenvalue weighted by molar-refractivity contribution is 6.31. The number of allylic oxidation sites excluding steroid dienone is 1. The monoisotopic (exact) mass is 268 g/mol. The van der Waals surface area contributed by atoms with Crippen molar-refractivity contribution in [3.63, 3.8) is 0 Å². The normalized spacial score (nSPS) is 19.1. The summed E-state index contributed by atoms with van der Waals surface area (Å²) < 4.78 is 0. The van der Waals surface area contributed by atoms with E-state index in [1.807, 2.05) is 6.92 Å². The summed E-state index contributed by atoms with van der Waals surface area (Å²) in [5.41, 5.74) is 0.578. The lowest BCUT2D eigenvalue weighted by Gasteiger charge is -2.24. The lowest BCUT2D eigenvalue weighted by Crippen LogP contribution is -2.34. The van der Waals surface area contributed by atoms with Crippen molar-refractivity contribution in [2.24, 2.45) is 4.99 Å². The van der Waals surface area contributed by atoms with Crippen molar-refractivity contribution in [1.29, 1.82) is 0 Å². The van der Waals surface area contributed by atoms with Gasteiger partial charge in [-0.3, -0.25) is 9.69 Å². The number of rotatable bonds is 1. The quantitative estimate of drug-likeness (QED) is 0.568. The van der Waals surface area contributed by atoms with Gasteiger partial charge in [-0.25, -0.2) is 4.99 Å². The number of amides is 1. The van der Waals surface area contributed by atoms with Crippen LogP contribution in [0.2, 0.25) is 5.02 Å². The summed E-state index contributed by atoms with van der Waals surface area (Å²) in [6, 6.07) is 6.73. The lowest BCUT2D eigenvalue weighted by atomic mass is 10.2. The summed E-state index contributed by atoms with van der Waals surface area (Å²) in [6.07, 6.45) is 3.37. The summed E-state index contributed by atoms with van der Waals surface area (Å²) in [4.78, 5) is 17.6. The molecule has 2 rings (SSSR count). The van der Waals surface area contributed by atoms with E-state index in [1.165, 1.54) is 4.90 Å². The molecule has 0 radical (unpaired) electrons. The molecule has 17 heavy (non-hydrogen) atoms. The molecule has 1 aliphatic rings. The Morgan fingerprint density at radius 1 is 1.47 bits per heavy atom. The molecule has 1 unspecified atom stereocenters. The Morgan fingerprint density at radius 2 is 2.24 bits per heavy atom. The minimum absolute atomic E-state index is 0.222. The van der Waals surface area contributed by atoms with E-state index in [-0.39, 0.29) is 5.91 Å². The Balaban J connectivity index is 2.25. The van der Waals surface area contributed by atoms with Crippen molar-refractivity contribution in [1.82, 2.24) is 4.90 Å². The van der Waals surface area contributed by atoms with Crippen molar-refractivity contribution >= 4 is 34.8 Å². The third kappa shape index (κ3) is 2.68. The number of carbonyl (C=O) groups is 1. The van der Waals surface area contributed by atoms with Crippen LogP contribution in [0.5, 0.6) is 0 Å². The van der Waals surface area contributed by atoms with Gasteiger partial charge < -0.3 is 0 Å². The van der Waals surface area contributed by atoms with E-state index in [4.69, 9.17) is 23.2 Å². The summed E-state index contributed by atoms with van der Waals surface area (Å²) in [5.74, 6) is -0.222. The largest absolute Gasteiger partial charge is 0.279 e. The van der Waals surface area contributed by atoms with Gasteiger partial charge in [0.2, 0.25) is 5.62 Å². The van der Waals surface area contributed by atoms with Crippen molar-refractivity contribution in [3.05, 3.63) is 47.1 Å². The average Bonchev–Trinajstić information content (AvgIpc) is 2.28. The molecular weight excluding hydrogens is 259 g/mol. The van der Waals surface area contributed by atoms with E-state index in [9.17, 15) is 4.79 Å². The molecule has 0 N–H and O–H groups in total. The van der Waals surface area contributed by atoms with Crippen LogP contribution in [0.1, 0.15) is 17.3 Å². The first kappa shape index (κ1) is 12.1. The molecule has 1 amide bonds. The first-order valence-electron chi connectivity index (χ1n) is 5.03. The molecule has 1 aliphatic heterocycles. The van der Waals surface area contributed by atoms with Gasteiger partial charge in [0.05, 0.1) is 0 Å². The van der Waals surface area contributed by atoms with Crippen LogP contribution >= 0.6 is 23.2 Å². The van der Waals surface area contributed by atoms with Gasteiger partial charge in [0, 0.05) is 22.5 Å². The number of carbonyl (C=O) groups excluding carboxylic acids is 1. The van der Waals surface area contributed by atoms with Crippen LogP contribution in [-0.4, -0.2) is 22.1 Å². The Labute approximate surface area is 109 Å². The minimum atomic E-state index is -0.702.